The summed E-state index contributed by atoms with van der Waals surface area (Å²) in [7, 11) is -9.01. The second-order valence-electron chi connectivity index (χ2n) is 3.24. The summed E-state index contributed by atoms with van der Waals surface area (Å²) in [6, 6.07) is 0. The lowest BCUT2D eigenvalue weighted by molar-refractivity contribution is 0.201. The molecule has 1 aliphatic rings. The van der Waals surface area contributed by atoms with Gasteiger partial charge in [-0.1, -0.05) is 0 Å². The monoisotopic (exact) mass is 245 g/mol. The van der Waals surface area contributed by atoms with Crippen molar-refractivity contribution in [2.45, 2.75) is 25.0 Å². The standard InChI is InChI=1S/C5H13NO6P2/c7-13(8,9)5-3-1-2-4-6(5)14(10,11)12/h5H,1-4H2,(H2,7,8,9)(H2,10,11,12). The Morgan fingerprint density at radius 3 is 2.00 bits per heavy atom. The van der Waals surface area contributed by atoms with Gasteiger partial charge in [-0.3, -0.25) is 4.57 Å². The minimum absolute atomic E-state index is 0.0278. The van der Waals surface area contributed by atoms with Gasteiger partial charge in [0.05, 0.1) is 0 Å². The summed E-state index contributed by atoms with van der Waals surface area (Å²) >= 11 is 0. The van der Waals surface area contributed by atoms with Crippen molar-refractivity contribution >= 4 is 15.3 Å². The Morgan fingerprint density at radius 1 is 1.07 bits per heavy atom. The average Bonchev–Trinajstić information content (AvgIpc) is 2.01. The smallest absolute Gasteiger partial charge is 0.323 e. The maximum absolute atomic E-state index is 11.0. The van der Waals surface area contributed by atoms with Crippen LogP contribution in [-0.4, -0.2) is 36.6 Å². The van der Waals surface area contributed by atoms with E-state index < -0.39 is 21.1 Å². The van der Waals surface area contributed by atoms with Crippen LogP contribution >= 0.6 is 15.3 Å². The molecule has 84 valence electrons. The van der Waals surface area contributed by atoms with Crippen LogP contribution in [-0.2, 0) is 9.13 Å². The van der Waals surface area contributed by atoms with Crippen molar-refractivity contribution in [1.29, 1.82) is 0 Å². The van der Waals surface area contributed by atoms with Crippen molar-refractivity contribution in [2.75, 3.05) is 6.54 Å². The molecule has 0 radical (unpaired) electrons. The summed E-state index contributed by atoms with van der Waals surface area (Å²) < 4.78 is 22.5. The van der Waals surface area contributed by atoms with Gasteiger partial charge < -0.3 is 19.6 Å². The molecular formula is C5H13NO6P2. The minimum atomic E-state index is -4.55. The van der Waals surface area contributed by atoms with Gasteiger partial charge in [-0.2, -0.15) is 4.67 Å². The molecule has 0 aromatic carbocycles. The summed E-state index contributed by atoms with van der Waals surface area (Å²) in [5, 5.41) is 0. The molecule has 0 aliphatic carbocycles. The van der Waals surface area contributed by atoms with Gasteiger partial charge in [0.15, 0.2) is 0 Å². The molecule has 1 rings (SSSR count). The van der Waals surface area contributed by atoms with E-state index in [1.807, 2.05) is 0 Å². The van der Waals surface area contributed by atoms with Crippen LogP contribution in [0.2, 0.25) is 0 Å². The highest BCUT2D eigenvalue weighted by Gasteiger charge is 2.43. The molecule has 1 heterocycles. The van der Waals surface area contributed by atoms with E-state index >= 15 is 0 Å². The molecule has 9 heteroatoms. The topological polar surface area (TPSA) is 118 Å². The van der Waals surface area contributed by atoms with Gasteiger partial charge in [0.2, 0.25) is 0 Å². The zero-order valence-corrected chi connectivity index (χ0v) is 9.14. The van der Waals surface area contributed by atoms with Crippen molar-refractivity contribution in [3.05, 3.63) is 0 Å². The highest BCUT2D eigenvalue weighted by Crippen LogP contribution is 2.55. The number of rotatable bonds is 2. The Morgan fingerprint density at radius 2 is 1.64 bits per heavy atom. The van der Waals surface area contributed by atoms with E-state index in [1.165, 1.54) is 0 Å². The van der Waals surface area contributed by atoms with Crippen LogP contribution in [0, 0.1) is 0 Å². The molecule has 1 saturated heterocycles. The molecule has 4 N–H and O–H groups in total. The molecule has 1 fully saturated rings. The summed E-state index contributed by atoms with van der Waals surface area (Å²) in [5.41, 5.74) is 0. The van der Waals surface area contributed by atoms with Crippen LogP contribution in [0.25, 0.3) is 0 Å². The molecule has 0 amide bonds. The third-order valence-electron chi connectivity index (χ3n) is 2.17. The lowest BCUT2D eigenvalue weighted by Crippen LogP contribution is -2.36. The molecule has 1 atom stereocenters. The predicted molar refractivity (Wildman–Crippen MR) is 48.4 cm³/mol. The maximum atomic E-state index is 11.0. The zero-order valence-electron chi connectivity index (χ0n) is 7.35. The second kappa shape index (κ2) is 4.02. The first kappa shape index (κ1) is 12.3. The van der Waals surface area contributed by atoms with Crippen molar-refractivity contribution in [2.24, 2.45) is 0 Å². The summed E-state index contributed by atoms with van der Waals surface area (Å²) in [5.74, 6) is -1.34. The fourth-order valence-corrected chi connectivity index (χ4v) is 4.20. The molecule has 1 unspecified atom stereocenters. The van der Waals surface area contributed by atoms with Gasteiger partial charge >= 0.3 is 15.3 Å². The largest absolute Gasteiger partial charge is 0.403 e. The number of hydrogen-bond acceptors (Lipinski definition) is 2. The van der Waals surface area contributed by atoms with Crippen molar-refractivity contribution < 1.29 is 28.7 Å². The first-order valence-corrected chi connectivity index (χ1v) is 7.35. The highest BCUT2D eigenvalue weighted by atomic mass is 31.2. The SMILES string of the molecule is O=P(O)(O)C1CCCCN1P(=O)(O)O. The second-order valence-corrected chi connectivity index (χ2v) is 6.56. The van der Waals surface area contributed by atoms with E-state index in [0.29, 0.717) is 17.5 Å². The van der Waals surface area contributed by atoms with Crippen LogP contribution in [0.3, 0.4) is 0 Å². The Hall–Kier alpha value is 0.260. The van der Waals surface area contributed by atoms with E-state index in [2.05, 4.69) is 0 Å². The van der Waals surface area contributed by atoms with E-state index in [0.717, 1.165) is 0 Å². The Kier molecular flexibility index (Phi) is 3.54. The van der Waals surface area contributed by atoms with E-state index in [-0.39, 0.29) is 13.0 Å². The first-order chi connectivity index (χ1) is 6.23. The molecular weight excluding hydrogens is 232 g/mol. The van der Waals surface area contributed by atoms with Gasteiger partial charge in [0.1, 0.15) is 5.78 Å². The summed E-state index contributed by atoms with van der Waals surface area (Å²) in [6.45, 7) is 0.0278. The van der Waals surface area contributed by atoms with Gasteiger partial charge in [-0.25, -0.2) is 4.57 Å². The molecule has 0 aromatic rings. The Labute approximate surface area is 81.1 Å². The fraction of sp³-hybridized carbons (Fsp3) is 1.00. The minimum Gasteiger partial charge on any atom is -0.323 e. The van der Waals surface area contributed by atoms with Crippen LogP contribution in [0.5, 0.6) is 0 Å². The van der Waals surface area contributed by atoms with Crippen LogP contribution in [0.15, 0.2) is 0 Å². The van der Waals surface area contributed by atoms with Crippen molar-refractivity contribution in [1.82, 2.24) is 4.67 Å². The quantitative estimate of drug-likeness (QED) is 0.508. The molecule has 0 spiro atoms. The normalized spacial score (nSPS) is 26.4. The van der Waals surface area contributed by atoms with Crippen LogP contribution < -0.4 is 0 Å². The molecule has 7 nitrogen and oxygen atoms in total. The summed E-state index contributed by atoms with van der Waals surface area (Å²) in [6.07, 6.45) is 1.24. The van der Waals surface area contributed by atoms with Gasteiger partial charge in [-0.05, 0) is 19.3 Å². The van der Waals surface area contributed by atoms with Crippen LogP contribution in [0.4, 0.5) is 0 Å². The fourth-order valence-electron chi connectivity index (χ4n) is 1.54. The third kappa shape index (κ3) is 2.87. The van der Waals surface area contributed by atoms with Crippen LogP contribution in [0.1, 0.15) is 19.3 Å². The Bertz CT molecular complexity index is 265. The average molecular weight is 245 g/mol. The van der Waals surface area contributed by atoms with Gasteiger partial charge in [0, 0.05) is 6.54 Å². The zero-order chi connectivity index (χ0) is 11.0. The molecule has 0 bridgehead atoms. The first-order valence-electron chi connectivity index (χ1n) is 4.11. The summed E-state index contributed by atoms with van der Waals surface area (Å²) in [4.78, 5) is 35.5. The van der Waals surface area contributed by atoms with E-state index in [9.17, 15) is 9.13 Å². The predicted octanol–water partition coefficient (Wildman–Crippen LogP) is 0.0688. The number of hydrogen-bond donors (Lipinski definition) is 4. The van der Waals surface area contributed by atoms with Gasteiger partial charge in [0.25, 0.3) is 0 Å². The molecule has 0 aromatic heterocycles. The number of piperidine rings is 1. The maximum Gasteiger partial charge on any atom is 0.403 e. The Balaban J connectivity index is 2.91. The van der Waals surface area contributed by atoms with Crippen molar-refractivity contribution in [3.63, 3.8) is 0 Å². The molecule has 0 saturated carbocycles. The van der Waals surface area contributed by atoms with E-state index in [1.54, 1.807) is 0 Å². The van der Waals surface area contributed by atoms with Crippen molar-refractivity contribution in [3.8, 4) is 0 Å². The van der Waals surface area contributed by atoms with Gasteiger partial charge in [-0.15, -0.1) is 0 Å². The lowest BCUT2D eigenvalue weighted by Gasteiger charge is -2.35. The third-order valence-corrected chi connectivity index (χ3v) is 4.81. The molecule has 14 heavy (non-hydrogen) atoms. The van der Waals surface area contributed by atoms with E-state index in [4.69, 9.17) is 19.6 Å². The highest BCUT2D eigenvalue weighted by molar-refractivity contribution is 7.55. The number of nitrogens with zero attached hydrogens (tertiary/aromatic N) is 1. The molecule has 1 aliphatic heterocycles. The lowest BCUT2D eigenvalue weighted by atomic mass is 10.2.